The van der Waals surface area contributed by atoms with Gasteiger partial charge in [-0.1, -0.05) is 19.1 Å². The number of nitrogens with two attached hydrogens (primary N) is 1. The van der Waals surface area contributed by atoms with E-state index in [0.29, 0.717) is 0 Å². The average Bonchev–Trinajstić information content (AvgIpc) is 2.16. The van der Waals surface area contributed by atoms with E-state index in [0.717, 1.165) is 25.2 Å². The Labute approximate surface area is 99.5 Å². The Hall–Kier alpha value is -1.02. The van der Waals surface area contributed by atoms with Gasteiger partial charge in [0.05, 0.1) is 0 Å². The molecule has 0 aliphatic carbocycles. The lowest BCUT2D eigenvalue weighted by atomic mass is 10.0. The van der Waals surface area contributed by atoms with Crippen LogP contribution < -0.4 is 5.73 Å². The van der Waals surface area contributed by atoms with Crippen molar-refractivity contribution in [3.63, 3.8) is 0 Å². The molecule has 0 heterocycles. The zero-order chi connectivity index (χ0) is 12.2. The highest BCUT2D eigenvalue weighted by Gasteiger charge is 2.18. The molecule has 2 nitrogen and oxygen atoms in total. The molecule has 2 heteroatoms. The van der Waals surface area contributed by atoms with E-state index in [1.54, 1.807) is 0 Å². The first-order valence-corrected chi connectivity index (χ1v) is 6.03. The van der Waals surface area contributed by atoms with E-state index in [1.807, 2.05) is 12.1 Å². The summed E-state index contributed by atoms with van der Waals surface area (Å²) in [6.07, 6.45) is 1.07. The molecule has 0 bridgehead atoms. The Morgan fingerprint density at radius 3 is 2.44 bits per heavy atom. The molecule has 1 aromatic carbocycles. The van der Waals surface area contributed by atoms with Crippen LogP contribution in [0, 0.1) is 0 Å². The summed E-state index contributed by atoms with van der Waals surface area (Å²) < 4.78 is 0. The van der Waals surface area contributed by atoms with E-state index in [-0.39, 0.29) is 5.54 Å². The van der Waals surface area contributed by atoms with Crippen LogP contribution in [-0.4, -0.2) is 23.5 Å². The van der Waals surface area contributed by atoms with Crippen LogP contribution in [0.2, 0.25) is 0 Å². The fraction of sp³-hybridized carbons (Fsp3) is 0.571. The van der Waals surface area contributed by atoms with Crippen molar-refractivity contribution in [2.45, 2.75) is 39.7 Å². The third kappa shape index (κ3) is 3.86. The Kier molecular flexibility index (Phi) is 4.36. The SMILES string of the molecule is CCN(CCc1cccc(N)c1)C(C)(C)C. The van der Waals surface area contributed by atoms with Crippen LogP contribution in [-0.2, 0) is 6.42 Å². The number of benzene rings is 1. The number of rotatable bonds is 4. The van der Waals surface area contributed by atoms with E-state index < -0.39 is 0 Å². The van der Waals surface area contributed by atoms with Crippen molar-refractivity contribution >= 4 is 5.69 Å². The number of nitrogens with zero attached hydrogens (tertiary/aromatic N) is 1. The minimum Gasteiger partial charge on any atom is -0.399 e. The molecule has 0 atom stereocenters. The van der Waals surface area contributed by atoms with Gasteiger partial charge >= 0.3 is 0 Å². The fourth-order valence-electron chi connectivity index (χ4n) is 1.98. The van der Waals surface area contributed by atoms with Gasteiger partial charge in [0.2, 0.25) is 0 Å². The van der Waals surface area contributed by atoms with E-state index >= 15 is 0 Å². The molecule has 2 N–H and O–H groups in total. The third-order valence-corrected chi connectivity index (χ3v) is 2.95. The number of hydrogen-bond donors (Lipinski definition) is 1. The van der Waals surface area contributed by atoms with Crippen LogP contribution in [0.15, 0.2) is 24.3 Å². The quantitative estimate of drug-likeness (QED) is 0.791. The lowest BCUT2D eigenvalue weighted by molar-refractivity contribution is 0.147. The number of hydrogen-bond acceptors (Lipinski definition) is 2. The van der Waals surface area contributed by atoms with Gasteiger partial charge in [-0.25, -0.2) is 0 Å². The first kappa shape index (κ1) is 13.0. The summed E-state index contributed by atoms with van der Waals surface area (Å²) in [5, 5.41) is 0. The highest BCUT2D eigenvalue weighted by molar-refractivity contribution is 5.40. The van der Waals surface area contributed by atoms with Gasteiger partial charge in [0.1, 0.15) is 0 Å². The van der Waals surface area contributed by atoms with Crippen molar-refractivity contribution in [2.75, 3.05) is 18.8 Å². The molecule has 16 heavy (non-hydrogen) atoms. The Morgan fingerprint density at radius 2 is 1.94 bits per heavy atom. The fourth-order valence-corrected chi connectivity index (χ4v) is 1.98. The molecule has 0 spiro atoms. The van der Waals surface area contributed by atoms with Gasteiger partial charge in [-0.05, 0) is 51.4 Å². The highest BCUT2D eigenvalue weighted by atomic mass is 15.2. The third-order valence-electron chi connectivity index (χ3n) is 2.95. The molecule has 0 unspecified atom stereocenters. The Balaban J connectivity index is 2.56. The summed E-state index contributed by atoms with van der Waals surface area (Å²) in [5.41, 5.74) is 8.19. The van der Waals surface area contributed by atoms with Crippen LogP contribution in [0.1, 0.15) is 33.3 Å². The zero-order valence-corrected chi connectivity index (χ0v) is 11.0. The van der Waals surface area contributed by atoms with Gasteiger partial charge in [-0.2, -0.15) is 0 Å². The van der Waals surface area contributed by atoms with Gasteiger partial charge in [-0.15, -0.1) is 0 Å². The highest BCUT2D eigenvalue weighted by Crippen LogP contribution is 2.14. The molecule has 0 radical (unpaired) electrons. The van der Waals surface area contributed by atoms with Gasteiger partial charge < -0.3 is 5.73 Å². The van der Waals surface area contributed by atoms with Crippen molar-refractivity contribution in [3.05, 3.63) is 29.8 Å². The van der Waals surface area contributed by atoms with E-state index in [4.69, 9.17) is 5.73 Å². The summed E-state index contributed by atoms with van der Waals surface area (Å²) in [5.74, 6) is 0. The molecule has 90 valence electrons. The summed E-state index contributed by atoms with van der Waals surface area (Å²) in [7, 11) is 0. The van der Waals surface area contributed by atoms with E-state index in [2.05, 4.69) is 44.7 Å². The van der Waals surface area contributed by atoms with Crippen molar-refractivity contribution in [1.29, 1.82) is 0 Å². The first-order valence-electron chi connectivity index (χ1n) is 6.03. The monoisotopic (exact) mass is 220 g/mol. The maximum Gasteiger partial charge on any atom is 0.0316 e. The molecule has 1 aromatic rings. The normalized spacial score (nSPS) is 12.1. The number of anilines is 1. The summed E-state index contributed by atoms with van der Waals surface area (Å²) in [4.78, 5) is 2.48. The second-order valence-electron chi connectivity index (χ2n) is 5.25. The molecule has 0 amide bonds. The molecule has 0 saturated carbocycles. The number of likely N-dealkylation sites (N-methyl/N-ethyl adjacent to an activating group) is 1. The average molecular weight is 220 g/mol. The standard InChI is InChI=1S/C14H24N2/c1-5-16(14(2,3)4)10-9-12-7-6-8-13(15)11-12/h6-8,11H,5,9-10,15H2,1-4H3. The van der Waals surface area contributed by atoms with Crippen molar-refractivity contribution in [2.24, 2.45) is 0 Å². The van der Waals surface area contributed by atoms with Crippen molar-refractivity contribution in [1.82, 2.24) is 4.90 Å². The van der Waals surface area contributed by atoms with E-state index in [9.17, 15) is 0 Å². The van der Waals surface area contributed by atoms with Crippen LogP contribution in [0.3, 0.4) is 0 Å². The smallest absolute Gasteiger partial charge is 0.0316 e. The summed E-state index contributed by atoms with van der Waals surface area (Å²) in [6.45, 7) is 11.2. The second kappa shape index (κ2) is 5.35. The molecule has 1 rings (SSSR count). The molecule has 0 aliphatic heterocycles. The lowest BCUT2D eigenvalue weighted by Gasteiger charge is -2.34. The molecule has 0 fully saturated rings. The Morgan fingerprint density at radius 1 is 1.25 bits per heavy atom. The van der Waals surface area contributed by atoms with Crippen LogP contribution >= 0.6 is 0 Å². The second-order valence-corrected chi connectivity index (χ2v) is 5.25. The maximum absolute atomic E-state index is 5.77. The minimum absolute atomic E-state index is 0.245. The molecular formula is C14H24N2. The largest absolute Gasteiger partial charge is 0.399 e. The summed E-state index contributed by atoms with van der Waals surface area (Å²) >= 11 is 0. The first-order chi connectivity index (χ1) is 7.43. The molecule has 0 aromatic heterocycles. The number of nitrogen functional groups attached to an aromatic ring is 1. The van der Waals surface area contributed by atoms with Crippen LogP contribution in [0.5, 0.6) is 0 Å². The van der Waals surface area contributed by atoms with Crippen LogP contribution in [0.4, 0.5) is 5.69 Å². The maximum atomic E-state index is 5.77. The van der Waals surface area contributed by atoms with Crippen molar-refractivity contribution < 1.29 is 0 Å². The minimum atomic E-state index is 0.245. The predicted octanol–water partition coefficient (Wildman–Crippen LogP) is 2.93. The Bertz CT molecular complexity index is 326. The molecule has 0 saturated heterocycles. The lowest BCUT2D eigenvalue weighted by Crippen LogP contribution is -2.42. The topological polar surface area (TPSA) is 29.3 Å². The molecular weight excluding hydrogens is 196 g/mol. The van der Waals surface area contributed by atoms with Gasteiger partial charge in [0.15, 0.2) is 0 Å². The summed E-state index contributed by atoms with van der Waals surface area (Å²) in [6, 6.07) is 8.17. The van der Waals surface area contributed by atoms with Crippen LogP contribution in [0.25, 0.3) is 0 Å². The van der Waals surface area contributed by atoms with Crippen molar-refractivity contribution in [3.8, 4) is 0 Å². The van der Waals surface area contributed by atoms with E-state index in [1.165, 1.54) is 5.56 Å². The molecule has 0 aliphatic rings. The van der Waals surface area contributed by atoms with Gasteiger partial charge in [0, 0.05) is 17.8 Å². The van der Waals surface area contributed by atoms with Gasteiger partial charge in [-0.3, -0.25) is 4.90 Å². The van der Waals surface area contributed by atoms with Gasteiger partial charge in [0.25, 0.3) is 0 Å². The zero-order valence-electron chi connectivity index (χ0n) is 11.0. The predicted molar refractivity (Wildman–Crippen MR) is 71.6 cm³/mol.